The van der Waals surface area contributed by atoms with Crippen LogP contribution >= 0.6 is 0 Å². The Balaban J connectivity index is 1.98. The summed E-state index contributed by atoms with van der Waals surface area (Å²) in [7, 11) is 0. The summed E-state index contributed by atoms with van der Waals surface area (Å²) in [5, 5.41) is 0. The van der Waals surface area contributed by atoms with E-state index in [2.05, 4.69) is 37.3 Å². The molecular formula is C19H16O. The summed E-state index contributed by atoms with van der Waals surface area (Å²) in [5.74, 6) is 1.76. The molecule has 0 aliphatic heterocycles. The van der Waals surface area contributed by atoms with E-state index in [4.69, 9.17) is 4.74 Å². The lowest BCUT2D eigenvalue weighted by molar-refractivity contribution is 0.479. The fourth-order valence-corrected chi connectivity index (χ4v) is 2.27. The first-order valence-corrected chi connectivity index (χ1v) is 6.72. The lowest BCUT2D eigenvalue weighted by Crippen LogP contribution is -1.90. The zero-order chi connectivity index (χ0) is 13.8. The third-order valence-corrected chi connectivity index (χ3v) is 3.34. The van der Waals surface area contributed by atoms with Crippen molar-refractivity contribution in [1.82, 2.24) is 0 Å². The van der Waals surface area contributed by atoms with Gasteiger partial charge in [-0.3, -0.25) is 0 Å². The van der Waals surface area contributed by atoms with Crippen LogP contribution in [0.1, 0.15) is 5.56 Å². The Morgan fingerprint density at radius 2 is 1.30 bits per heavy atom. The molecule has 0 bridgehead atoms. The highest BCUT2D eigenvalue weighted by molar-refractivity contribution is 5.69. The maximum atomic E-state index is 5.97. The number of para-hydroxylation sites is 1. The van der Waals surface area contributed by atoms with E-state index in [0.29, 0.717) is 0 Å². The van der Waals surface area contributed by atoms with E-state index in [9.17, 15) is 0 Å². The monoisotopic (exact) mass is 260 g/mol. The number of ether oxygens (including phenoxy) is 1. The molecule has 98 valence electrons. The fourth-order valence-electron chi connectivity index (χ4n) is 2.27. The molecular weight excluding hydrogens is 244 g/mol. The van der Waals surface area contributed by atoms with Crippen LogP contribution in [-0.4, -0.2) is 0 Å². The van der Waals surface area contributed by atoms with Crippen molar-refractivity contribution >= 4 is 0 Å². The van der Waals surface area contributed by atoms with Crippen molar-refractivity contribution in [1.29, 1.82) is 0 Å². The summed E-state index contributed by atoms with van der Waals surface area (Å²) in [6.45, 7) is 2.10. The molecule has 3 aromatic carbocycles. The van der Waals surface area contributed by atoms with Gasteiger partial charge >= 0.3 is 0 Å². The minimum absolute atomic E-state index is 0.862. The highest BCUT2D eigenvalue weighted by atomic mass is 16.5. The predicted octanol–water partition coefficient (Wildman–Crippen LogP) is 5.45. The SMILES string of the molecule is Cc1c(Oc2ccccc2)cccc1-c1ccccc1. The minimum Gasteiger partial charge on any atom is -0.457 e. The Kier molecular flexibility index (Phi) is 3.51. The Bertz CT molecular complexity index is 687. The van der Waals surface area contributed by atoms with Crippen molar-refractivity contribution in [2.75, 3.05) is 0 Å². The van der Waals surface area contributed by atoms with E-state index in [-0.39, 0.29) is 0 Å². The lowest BCUT2D eigenvalue weighted by atomic mass is 10.00. The van der Waals surface area contributed by atoms with Gasteiger partial charge in [0.25, 0.3) is 0 Å². The average Bonchev–Trinajstić information content (AvgIpc) is 2.51. The van der Waals surface area contributed by atoms with Crippen molar-refractivity contribution < 1.29 is 4.74 Å². The van der Waals surface area contributed by atoms with Crippen molar-refractivity contribution in [2.24, 2.45) is 0 Å². The number of hydrogen-bond acceptors (Lipinski definition) is 1. The predicted molar refractivity (Wildman–Crippen MR) is 83.1 cm³/mol. The molecule has 0 fully saturated rings. The molecule has 3 aromatic rings. The first kappa shape index (κ1) is 12.5. The Morgan fingerprint density at radius 1 is 0.650 bits per heavy atom. The van der Waals surface area contributed by atoms with Crippen LogP contribution < -0.4 is 4.74 Å². The highest BCUT2D eigenvalue weighted by Crippen LogP contribution is 2.32. The number of benzene rings is 3. The van der Waals surface area contributed by atoms with Crippen LogP contribution in [0.5, 0.6) is 11.5 Å². The second-order valence-corrected chi connectivity index (χ2v) is 4.71. The Labute approximate surface area is 119 Å². The molecule has 0 heterocycles. The number of rotatable bonds is 3. The largest absolute Gasteiger partial charge is 0.457 e. The smallest absolute Gasteiger partial charge is 0.130 e. The molecule has 1 heteroatoms. The van der Waals surface area contributed by atoms with Crippen molar-refractivity contribution in [3.05, 3.63) is 84.4 Å². The third kappa shape index (κ3) is 2.57. The van der Waals surface area contributed by atoms with Crippen molar-refractivity contribution in [3.63, 3.8) is 0 Å². The van der Waals surface area contributed by atoms with Gasteiger partial charge in [0.05, 0.1) is 0 Å². The first-order chi connectivity index (χ1) is 9.84. The van der Waals surface area contributed by atoms with Crippen LogP contribution in [0.3, 0.4) is 0 Å². The van der Waals surface area contributed by atoms with Crippen molar-refractivity contribution in [3.8, 4) is 22.6 Å². The molecule has 0 aromatic heterocycles. The summed E-state index contributed by atoms with van der Waals surface area (Å²) < 4.78 is 5.97. The maximum Gasteiger partial charge on any atom is 0.130 e. The lowest BCUT2D eigenvalue weighted by Gasteiger charge is -2.12. The Morgan fingerprint density at radius 3 is 2.00 bits per heavy atom. The van der Waals surface area contributed by atoms with Crippen molar-refractivity contribution in [2.45, 2.75) is 6.92 Å². The van der Waals surface area contributed by atoms with Gasteiger partial charge < -0.3 is 4.74 Å². The molecule has 0 N–H and O–H groups in total. The Hall–Kier alpha value is -2.54. The van der Waals surface area contributed by atoms with Crippen LogP contribution in [0.15, 0.2) is 78.9 Å². The second-order valence-electron chi connectivity index (χ2n) is 4.71. The van der Waals surface area contributed by atoms with Crippen LogP contribution in [0, 0.1) is 6.92 Å². The summed E-state index contributed by atoms with van der Waals surface area (Å²) >= 11 is 0. The molecule has 0 unspecified atom stereocenters. The summed E-state index contributed by atoms with van der Waals surface area (Å²) in [5.41, 5.74) is 3.57. The van der Waals surface area contributed by atoms with Gasteiger partial charge in [0.1, 0.15) is 11.5 Å². The van der Waals surface area contributed by atoms with Crippen LogP contribution in [0.4, 0.5) is 0 Å². The van der Waals surface area contributed by atoms with Gasteiger partial charge in [0, 0.05) is 0 Å². The van der Waals surface area contributed by atoms with Crippen LogP contribution in [0.25, 0.3) is 11.1 Å². The standard InChI is InChI=1S/C19H16O/c1-15-18(16-9-4-2-5-10-16)13-8-14-19(15)20-17-11-6-3-7-12-17/h2-14H,1H3. The quantitative estimate of drug-likeness (QED) is 0.608. The molecule has 0 aliphatic carbocycles. The topological polar surface area (TPSA) is 9.23 Å². The normalized spacial score (nSPS) is 10.2. The van der Waals surface area contributed by atoms with E-state index in [1.807, 2.05) is 48.5 Å². The van der Waals surface area contributed by atoms with E-state index in [0.717, 1.165) is 17.1 Å². The molecule has 0 aliphatic rings. The highest BCUT2D eigenvalue weighted by Gasteiger charge is 2.07. The molecule has 0 saturated carbocycles. The molecule has 0 saturated heterocycles. The van der Waals surface area contributed by atoms with Gasteiger partial charge in [-0.2, -0.15) is 0 Å². The van der Waals surface area contributed by atoms with E-state index >= 15 is 0 Å². The van der Waals surface area contributed by atoms with Gasteiger partial charge in [0.15, 0.2) is 0 Å². The van der Waals surface area contributed by atoms with Gasteiger partial charge in [-0.05, 0) is 41.8 Å². The van der Waals surface area contributed by atoms with Gasteiger partial charge in [-0.15, -0.1) is 0 Å². The van der Waals surface area contributed by atoms with E-state index in [1.165, 1.54) is 11.1 Å². The summed E-state index contributed by atoms with van der Waals surface area (Å²) in [6, 6.07) is 26.4. The zero-order valence-corrected chi connectivity index (χ0v) is 11.4. The van der Waals surface area contributed by atoms with Gasteiger partial charge in [-0.25, -0.2) is 0 Å². The maximum absolute atomic E-state index is 5.97. The van der Waals surface area contributed by atoms with Crippen LogP contribution in [0.2, 0.25) is 0 Å². The molecule has 0 atom stereocenters. The van der Waals surface area contributed by atoms with Crippen LogP contribution in [-0.2, 0) is 0 Å². The van der Waals surface area contributed by atoms with Gasteiger partial charge in [-0.1, -0.05) is 60.7 Å². The second kappa shape index (κ2) is 5.62. The van der Waals surface area contributed by atoms with Gasteiger partial charge in [0.2, 0.25) is 0 Å². The first-order valence-electron chi connectivity index (χ1n) is 6.72. The van der Waals surface area contributed by atoms with E-state index < -0.39 is 0 Å². The number of hydrogen-bond donors (Lipinski definition) is 0. The molecule has 0 radical (unpaired) electrons. The molecule has 0 spiro atoms. The summed E-state index contributed by atoms with van der Waals surface area (Å²) in [4.78, 5) is 0. The average molecular weight is 260 g/mol. The van der Waals surface area contributed by atoms with E-state index in [1.54, 1.807) is 0 Å². The minimum atomic E-state index is 0.862. The summed E-state index contributed by atoms with van der Waals surface area (Å²) in [6.07, 6.45) is 0. The molecule has 20 heavy (non-hydrogen) atoms. The molecule has 3 rings (SSSR count). The fraction of sp³-hybridized carbons (Fsp3) is 0.0526. The molecule has 0 amide bonds. The third-order valence-electron chi connectivity index (χ3n) is 3.34. The molecule has 1 nitrogen and oxygen atoms in total. The zero-order valence-electron chi connectivity index (χ0n) is 11.4.